The number of aromatic amines is 1. The molecule has 1 aromatic carbocycles. The number of carbonyl (C=O) groups is 2. The van der Waals surface area contributed by atoms with Crippen LogP contribution >= 0.6 is 11.6 Å². The van der Waals surface area contributed by atoms with Crippen molar-refractivity contribution in [3.63, 3.8) is 0 Å². The fraction of sp³-hybridized carbons (Fsp3) is 0.235. The maximum Gasteiger partial charge on any atom is 0.356 e. The Morgan fingerprint density at radius 1 is 1.44 bits per heavy atom. The fourth-order valence-electron chi connectivity index (χ4n) is 3.20. The number of fused-ring (bicyclic) bond motifs is 2. The monoisotopic (exact) mass is 359 g/mol. The van der Waals surface area contributed by atoms with E-state index in [1.165, 1.54) is 7.11 Å². The van der Waals surface area contributed by atoms with E-state index in [0.29, 0.717) is 23.0 Å². The Balaban J connectivity index is 1.81. The lowest BCUT2D eigenvalue weighted by molar-refractivity contribution is -0.116. The molecule has 4 rings (SSSR count). The predicted octanol–water partition coefficient (Wildman–Crippen LogP) is 2.75. The summed E-state index contributed by atoms with van der Waals surface area (Å²) in [6.07, 6.45) is 2.15. The van der Waals surface area contributed by atoms with Crippen LogP contribution in [0.5, 0.6) is 5.75 Å². The fourth-order valence-corrected chi connectivity index (χ4v) is 3.38. The molecule has 2 aliphatic rings. The molecule has 1 unspecified atom stereocenters. The average molecular weight is 360 g/mol. The first kappa shape index (κ1) is 15.7. The molecule has 0 saturated heterocycles. The van der Waals surface area contributed by atoms with Crippen molar-refractivity contribution < 1.29 is 19.1 Å². The maximum absolute atomic E-state index is 12.1. The lowest BCUT2D eigenvalue weighted by Gasteiger charge is -2.28. The van der Waals surface area contributed by atoms with Crippen LogP contribution < -0.4 is 10.1 Å². The van der Waals surface area contributed by atoms with Crippen LogP contribution in [0.2, 0.25) is 5.02 Å². The summed E-state index contributed by atoms with van der Waals surface area (Å²) in [4.78, 5) is 24.1. The van der Waals surface area contributed by atoms with Gasteiger partial charge in [-0.1, -0.05) is 11.6 Å². The van der Waals surface area contributed by atoms with Crippen LogP contribution in [0.1, 0.15) is 34.0 Å². The first-order chi connectivity index (χ1) is 12.1. The van der Waals surface area contributed by atoms with E-state index in [9.17, 15) is 9.59 Å². The van der Waals surface area contributed by atoms with Gasteiger partial charge in [-0.2, -0.15) is 5.10 Å². The second-order valence-corrected chi connectivity index (χ2v) is 6.28. The van der Waals surface area contributed by atoms with Gasteiger partial charge in [0.15, 0.2) is 5.82 Å². The lowest BCUT2D eigenvalue weighted by atomic mass is 9.84. The number of rotatable bonds is 2. The molecule has 0 fully saturated rings. The quantitative estimate of drug-likeness (QED) is 0.804. The van der Waals surface area contributed by atoms with Gasteiger partial charge in [0.05, 0.1) is 7.11 Å². The second kappa shape index (κ2) is 5.93. The molecular weight excluding hydrogens is 346 g/mol. The van der Waals surface area contributed by atoms with Gasteiger partial charge in [-0.15, -0.1) is 0 Å². The van der Waals surface area contributed by atoms with Gasteiger partial charge in [-0.05, 0) is 29.8 Å². The number of carbonyl (C=O) groups excluding carboxylic acids is 2. The highest BCUT2D eigenvalue weighted by molar-refractivity contribution is 6.30. The molecule has 2 aliphatic heterocycles. The summed E-state index contributed by atoms with van der Waals surface area (Å²) in [5.41, 5.74) is 2.56. The van der Waals surface area contributed by atoms with Crippen LogP contribution in [0.4, 0.5) is 5.82 Å². The Morgan fingerprint density at radius 3 is 3.08 bits per heavy atom. The molecule has 1 amide bonds. The molecule has 0 radical (unpaired) electrons. The standard InChI is InChI=1S/C17H14ClN3O4/c1-24-17(23)15-14-11(6-13(22)19-16(14)21-20-15)9-4-8-5-10(18)2-3-12(8)25-7-9/h2-5,11H,6-7H2,1H3,(H2,19,20,21,22). The zero-order valence-electron chi connectivity index (χ0n) is 13.3. The Kier molecular flexibility index (Phi) is 3.73. The Hall–Kier alpha value is -2.80. The van der Waals surface area contributed by atoms with E-state index in [1.807, 2.05) is 12.1 Å². The third-order valence-corrected chi connectivity index (χ3v) is 4.58. The number of nitrogens with one attached hydrogen (secondary N) is 2. The molecule has 0 spiro atoms. The molecule has 0 bridgehead atoms. The van der Waals surface area contributed by atoms with Gasteiger partial charge in [0, 0.05) is 28.5 Å². The number of hydrogen-bond acceptors (Lipinski definition) is 5. The molecule has 1 atom stereocenters. The summed E-state index contributed by atoms with van der Waals surface area (Å²) in [5, 5.41) is 9.97. The van der Waals surface area contributed by atoms with E-state index in [0.717, 1.165) is 16.9 Å². The number of anilines is 1. The first-order valence-electron chi connectivity index (χ1n) is 7.66. The Labute approximate surface area is 148 Å². The number of methoxy groups -OCH3 is 1. The smallest absolute Gasteiger partial charge is 0.356 e. The maximum atomic E-state index is 12.1. The van der Waals surface area contributed by atoms with Crippen LogP contribution in [0.3, 0.4) is 0 Å². The summed E-state index contributed by atoms with van der Waals surface area (Å²) in [6.45, 7) is 0.317. The number of ether oxygens (including phenoxy) is 2. The van der Waals surface area contributed by atoms with E-state index in [1.54, 1.807) is 12.1 Å². The lowest BCUT2D eigenvalue weighted by Crippen LogP contribution is -2.27. The minimum absolute atomic E-state index is 0.168. The van der Waals surface area contributed by atoms with Gasteiger partial charge in [0.25, 0.3) is 0 Å². The van der Waals surface area contributed by atoms with Crippen LogP contribution in [0.25, 0.3) is 6.08 Å². The number of halogens is 1. The van der Waals surface area contributed by atoms with Gasteiger partial charge in [0.1, 0.15) is 18.1 Å². The number of esters is 1. The third-order valence-electron chi connectivity index (χ3n) is 4.34. The molecule has 2 N–H and O–H groups in total. The van der Waals surface area contributed by atoms with E-state index in [-0.39, 0.29) is 23.9 Å². The molecule has 3 heterocycles. The van der Waals surface area contributed by atoms with Crippen molar-refractivity contribution in [1.82, 2.24) is 10.2 Å². The van der Waals surface area contributed by atoms with Gasteiger partial charge in [-0.25, -0.2) is 4.79 Å². The predicted molar refractivity (Wildman–Crippen MR) is 90.8 cm³/mol. The number of aromatic nitrogens is 2. The van der Waals surface area contributed by atoms with Crippen molar-refractivity contribution in [1.29, 1.82) is 0 Å². The van der Waals surface area contributed by atoms with Crippen molar-refractivity contribution in [2.45, 2.75) is 12.3 Å². The zero-order valence-corrected chi connectivity index (χ0v) is 14.0. The molecule has 0 aliphatic carbocycles. The van der Waals surface area contributed by atoms with Crippen LogP contribution in [0.15, 0.2) is 23.8 Å². The normalized spacial score (nSPS) is 18.4. The number of hydrogen-bond donors (Lipinski definition) is 2. The molecule has 25 heavy (non-hydrogen) atoms. The number of nitrogens with zero attached hydrogens (tertiary/aromatic N) is 1. The summed E-state index contributed by atoms with van der Waals surface area (Å²) in [7, 11) is 1.30. The SMILES string of the molecule is COC(=O)c1[nH]nc2c1C(C1=Cc3cc(Cl)ccc3OC1)CC(=O)N2. The van der Waals surface area contributed by atoms with Crippen molar-refractivity contribution in [3.05, 3.63) is 45.6 Å². The van der Waals surface area contributed by atoms with Gasteiger partial charge in [0.2, 0.25) is 5.91 Å². The summed E-state index contributed by atoms with van der Waals surface area (Å²) < 4.78 is 10.6. The van der Waals surface area contributed by atoms with Gasteiger partial charge in [-0.3, -0.25) is 9.89 Å². The van der Waals surface area contributed by atoms with Crippen LogP contribution in [0, 0.1) is 0 Å². The molecule has 2 aromatic rings. The highest BCUT2D eigenvalue weighted by Gasteiger charge is 2.36. The van der Waals surface area contributed by atoms with E-state index in [2.05, 4.69) is 15.5 Å². The van der Waals surface area contributed by atoms with E-state index >= 15 is 0 Å². The third kappa shape index (κ3) is 2.66. The van der Waals surface area contributed by atoms with Gasteiger partial charge >= 0.3 is 5.97 Å². The first-order valence-corrected chi connectivity index (χ1v) is 8.04. The van der Waals surface area contributed by atoms with Gasteiger partial charge < -0.3 is 14.8 Å². The highest BCUT2D eigenvalue weighted by atomic mass is 35.5. The molecule has 1 aromatic heterocycles. The summed E-state index contributed by atoms with van der Waals surface area (Å²) in [5.74, 6) is 0.0473. The van der Waals surface area contributed by atoms with Crippen molar-refractivity contribution >= 4 is 35.4 Å². The number of H-pyrrole nitrogens is 1. The van der Waals surface area contributed by atoms with Crippen molar-refractivity contribution in [2.75, 3.05) is 19.0 Å². The molecular formula is C17H14ClN3O4. The molecule has 8 heteroatoms. The minimum atomic E-state index is -0.532. The summed E-state index contributed by atoms with van der Waals surface area (Å²) >= 11 is 6.06. The van der Waals surface area contributed by atoms with Crippen molar-refractivity contribution in [2.24, 2.45) is 0 Å². The molecule has 0 saturated carbocycles. The minimum Gasteiger partial charge on any atom is -0.489 e. The molecule has 128 valence electrons. The van der Waals surface area contributed by atoms with Crippen LogP contribution in [-0.4, -0.2) is 35.8 Å². The van der Waals surface area contributed by atoms with E-state index in [4.69, 9.17) is 21.1 Å². The average Bonchev–Trinajstić information content (AvgIpc) is 3.03. The second-order valence-electron chi connectivity index (χ2n) is 5.85. The number of benzene rings is 1. The highest BCUT2D eigenvalue weighted by Crippen LogP contribution is 2.41. The van der Waals surface area contributed by atoms with Crippen molar-refractivity contribution in [3.8, 4) is 5.75 Å². The zero-order chi connectivity index (χ0) is 17.6. The largest absolute Gasteiger partial charge is 0.489 e. The Bertz CT molecular complexity index is 919. The topological polar surface area (TPSA) is 93.3 Å². The van der Waals surface area contributed by atoms with E-state index < -0.39 is 5.97 Å². The number of amides is 1. The summed E-state index contributed by atoms with van der Waals surface area (Å²) in [6, 6.07) is 5.37. The van der Waals surface area contributed by atoms with Crippen LogP contribution in [-0.2, 0) is 9.53 Å². The Morgan fingerprint density at radius 2 is 2.28 bits per heavy atom. The molecule has 7 nitrogen and oxygen atoms in total.